The summed E-state index contributed by atoms with van der Waals surface area (Å²) in [6.45, 7) is 3.79. The average molecular weight is 520 g/mol. The third kappa shape index (κ3) is 4.97. The average Bonchev–Trinajstić information content (AvgIpc) is 3.39. The van der Waals surface area contributed by atoms with E-state index in [-0.39, 0.29) is 35.2 Å². The van der Waals surface area contributed by atoms with E-state index in [4.69, 9.17) is 0 Å². The lowest BCUT2D eigenvalue weighted by atomic mass is 9.95. The first-order valence-corrected chi connectivity index (χ1v) is 9.93. The van der Waals surface area contributed by atoms with Crippen molar-refractivity contribution >= 4 is 29.9 Å². The van der Waals surface area contributed by atoms with Gasteiger partial charge in [-0.25, -0.2) is 9.38 Å². The van der Waals surface area contributed by atoms with Gasteiger partial charge in [-0.15, -0.1) is 34.2 Å². The highest BCUT2D eigenvalue weighted by Gasteiger charge is 2.45. The van der Waals surface area contributed by atoms with Crippen LogP contribution in [0.25, 0.3) is 5.69 Å². The second kappa shape index (κ2) is 10.0. The molecule has 2 aromatic carbocycles. The molecule has 0 atom stereocenters. The van der Waals surface area contributed by atoms with E-state index in [1.54, 1.807) is 12.4 Å². The summed E-state index contributed by atoms with van der Waals surface area (Å²) < 4.78 is 16.2. The Labute approximate surface area is 193 Å². The molecule has 1 aromatic heterocycles. The summed E-state index contributed by atoms with van der Waals surface area (Å²) >= 11 is 0. The molecule has 4 rings (SSSR count). The Balaban J connectivity index is 0.00000256. The van der Waals surface area contributed by atoms with Gasteiger partial charge in [-0.3, -0.25) is 4.57 Å². The second-order valence-electron chi connectivity index (χ2n) is 7.26. The first-order chi connectivity index (χ1) is 14.2. The number of aromatic nitrogens is 3. The van der Waals surface area contributed by atoms with E-state index < -0.39 is 0 Å². The van der Waals surface area contributed by atoms with Gasteiger partial charge in [0.05, 0.1) is 0 Å². The number of para-hydroxylation sites is 1. The van der Waals surface area contributed by atoms with Crippen molar-refractivity contribution in [2.75, 3.05) is 13.1 Å². The standard InChI is InChI=1S/C22H25FN6.HI/c1-2-24-21(26-15-22(12-13-22)18-10-6-7-11-19(18)23)25-14-20-28-27-16-29(20)17-8-4-3-5-9-17;/h3-11,16H,2,12-15H2,1H3,(H2,24,25,26);1H. The molecule has 1 aliphatic rings. The lowest BCUT2D eigenvalue weighted by molar-refractivity contribution is 0.559. The van der Waals surface area contributed by atoms with Gasteiger partial charge >= 0.3 is 0 Å². The fourth-order valence-corrected chi connectivity index (χ4v) is 3.50. The molecule has 3 aromatic rings. The first kappa shape index (κ1) is 22.2. The number of hydrogen-bond acceptors (Lipinski definition) is 3. The molecule has 6 nitrogen and oxygen atoms in total. The van der Waals surface area contributed by atoms with Crippen LogP contribution in [0.15, 0.2) is 65.9 Å². The molecule has 158 valence electrons. The Morgan fingerprint density at radius 3 is 2.53 bits per heavy atom. The number of rotatable bonds is 7. The summed E-state index contributed by atoms with van der Waals surface area (Å²) in [4.78, 5) is 4.67. The molecule has 0 bridgehead atoms. The summed E-state index contributed by atoms with van der Waals surface area (Å²) in [6, 6.07) is 17.0. The predicted molar refractivity (Wildman–Crippen MR) is 127 cm³/mol. The molecule has 0 spiro atoms. The largest absolute Gasteiger partial charge is 0.357 e. The van der Waals surface area contributed by atoms with Crippen LogP contribution in [0.2, 0.25) is 0 Å². The smallest absolute Gasteiger partial charge is 0.191 e. The number of guanidine groups is 1. The van der Waals surface area contributed by atoms with E-state index in [9.17, 15) is 4.39 Å². The van der Waals surface area contributed by atoms with Gasteiger partial charge in [-0.1, -0.05) is 36.4 Å². The van der Waals surface area contributed by atoms with Gasteiger partial charge in [0.25, 0.3) is 0 Å². The molecular weight excluding hydrogens is 494 g/mol. The normalized spacial score (nSPS) is 14.7. The van der Waals surface area contributed by atoms with Crippen molar-refractivity contribution in [3.05, 3.63) is 78.1 Å². The van der Waals surface area contributed by atoms with Crippen LogP contribution < -0.4 is 10.6 Å². The Morgan fingerprint density at radius 1 is 1.10 bits per heavy atom. The zero-order chi connectivity index (χ0) is 20.1. The third-order valence-electron chi connectivity index (χ3n) is 5.27. The van der Waals surface area contributed by atoms with E-state index in [1.807, 2.05) is 54.0 Å². The molecule has 0 aliphatic heterocycles. The van der Waals surface area contributed by atoms with E-state index in [0.717, 1.165) is 36.5 Å². The highest BCUT2D eigenvalue weighted by Crippen LogP contribution is 2.48. The van der Waals surface area contributed by atoms with Crippen LogP contribution in [0.3, 0.4) is 0 Å². The maximum atomic E-state index is 14.2. The monoisotopic (exact) mass is 520 g/mol. The molecule has 0 amide bonds. The molecule has 1 fully saturated rings. The lowest BCUT2D eigenvalue weighted by Crippen LogP contribution is -2.41. The Morgan fingerprint density at radius 2 is 1.83 bits per heavy atom. The van der Waals surface area contributed by atoms with E-state index in [2.05, 4.69) is 25.8 Å². The number of aliphatic imine (C=N–C) groups is 1. The van der Waals surface area contributed by atoms with Crippen molar-refractivity contribution in [2.45, 2.75) is 31.7 Å². The van der Waals surface area contributed by atoms with Crippen molar-refractivity contribution in [3.8, 4) is 5.69 Å². The maximum absolute atomic E-state index is 14.2. The van der Waals surface area contributed by atoms with Gasteiger partial charge in [-0.2, -0.15) is 0 Å². The fraction of sp³-hybridized carbons (Fsp3) is 0.318. The zero-order valence-electron chi connectivity index (χ0n) is 16.9. The minimum Gasteiger partial charge on any atom is -0.357 e. The summed E-state index contributed by atoms with van der Waals surface area (Å²) in [6.07, 6.45) is 3.64. The van der Waals surface area contributed by atoms with Gasteiger partial charge in [0.2, 0.25) is 0 Å². The number of halogens is 2. The van der Waals surface area contributed by atoms with Gasteiger partial charge in [0.15, 0.2) is 11.8 Å². The Kier molecular flexibility index (Phi) is 7.41. The predicted octanol–water partition coefficient (Wildman–Crippen LogP) is 3.81. The van der Waals surface area contributed by atoms with E-state index >= 15 is 0 Å². The zero-order valence-corrected chi connectivity index (χ0v) is 19.2. The van der Waals surface area contributed by atoms with Crippen LogP contribution in [0.4, 0.5) is 4.39 Å². The molecular formula is C22H26FIN6. The quantitative estimate of drug-likeness (QED) is 0.283. The molecule has 1 aliphatic carbocycles. The molecule has 30 heavy (non-hydrogen) atoms. The van der Waals surface area contributed by atoms with Crippen molar-refractivity contribution in [3.63, 3.8) is 0 Å². The summed E-state index contributed by atoms with van der Waals surface area (Å²) in [5.74, 6) is 1.31. The molecule has 0 saturated heterocycles. The second-order valence-corrected chi connectivity index (χ2v) is 7.26. The topological polar surface area (TPSA) is 67.1 Å². The van der Waals surface area contributed by atoms with Crippen LogP contribution in [0.1, 0.15) is 31.2 Å². The number of benzene rings is 2. The van der Waals surface area contributed by atoms with Gasteiger partial charge in [-0.05, 0) is 43.5 Å². The van der Waals surface area contributed by atoms with Crippen molar-refractivity contribution < 1.29 is 4.39 Å². The SMILES string of the molecule is CCNC(=NCc1nncn1-c1ccccc1)NCC1(c2ccccc2F)CC1.I. The van der Waals surface area contributed by atoms with E-state index in [1.165, 1.54) is 6.07 Å². The number of nitrogens with one attached hydrogen (secondary N) is 2. The van der Waals surface area contributed by atoms with Crippen molar-refractivity contribution in [2.24, 2.45) is 4.99 Å². The van der Waals surface area contributed by atoms with Crippen LogP contribution >= 0.6 is 24.0 Å². The van der Waals surface area contributed by atoms with Crippen molar-refractivity contribution in [1.29, 1.82) is 0 Å². The highest BCUT2D eigenvalue weighted by atomic mass is 127. The summed E-state index contributed by atoms with van der Waals surface area (Å²) in [5.41, 5.74) is 1.63. The van der Waals surface area contributed by atoms with Gasteiger partial charge in [0, 0.05) is 24.2 Å². The van der Waals surface area contributed by atoms with Gasteiger partial charge in [0.1, 0.15) is 18.7 Å². The molecule has 1 heterocycles. The van der Waals surface area contributed by atoms with Crippen LogP contribution in [0.5, 0.6) is 0 Å². The molecule has 0 radical (unpaired) electrons. The lowest BCUT2D eigenvalue weighted by Gasteiger charge is -2.19. The van der Waals surface area contributed by atoms with E-state index in [0.29, 0.717) is 19.0 Å². The molecule has 8 heteroatoms. The number of nitrogens with zero attached hydrogens (tertiary/aromatic N) is 4. The van der Waals surface area contributed by atoms with Crippen LogP contribution in [-0.4, -0.2) is 33.8 Å². The Hall–Kier alpha value is -2.49. The van der Waals surface area contributed by atoms with Crippen LogP contribution in [0, 0.1) is 5.82 Å². The minimum atomic E-state index is -0.147. The summed E-state index contributed by atoms with van der Waals surface area (Å²) in [5, 5.41) is 14.9. The van der Waals surface area contributed by atoms with Crippen LogP contribution in [-0.2, 0) is 12.0 Å². The Bertz CT molecular complexity index is 984. The third-order valence-corrected chi connectivity index (χ3v) is 5.27. The summed E-state index contributed by atoms with van der Waals surface area (Å²) in [7, 11) is 0. The fourth-order valence-electron chi connectivity index (χ4n) is 3.50. The minimum absolute atomic E-state index is 0. The molecule has 2 N–H and O–H groups in total. The molecule has 1 saturated carbocycles. The molecule has 0 unspecified atom stereocenters. The number of hydrogen-bond donors (Lipinski definition) is 2. The maximum Gasteiger partial charge on any atom is 0.191 e. The first-order valence-electron chi connectivity index (χ1n) is 9.93. The highest BCUT2D eigenvalue weighted by molar-refractivity contribution is 14.0. The van der Waals surface area contributed by atoms with Crippen molar-refractivity contribution in [1.82, 2.24) is 25.4 Å². The van der Waals surface area contributed by atoms with Gasteiger partial charge < -0.3 is 10.6 Å².